The zero-order valence-electron chi connectivity index (χ0n) is 8.91. The van der Waals surface area contributed by atoms with E-state index in [0.29, 0.717) is 11.1 Å². The van der Waals surface area contributed by atoms with E-state index in [9.17, 15) is 9.59 Å². The molecule has 0 unspecified atom stereocenters. The van der Waals surface area contributed by atoms with Crippen LogP contribution < -0.4 is 0 Å². The van der Waals surface area contributed by atoms with Crippen molar-refractivity contribution in [2.45, 2.75) is 26.7 Å². The summed E-state index contributed by atoms with van der Waals surface area (Å²) >= 11 is 0. The van der Waals surface area contributed by atoms with Gasteiger partial charge in [0.25, 0.3) is 0 Å². The second-order valence-electron chi connectivity index (χ2n) is 3.47. The van der Waals surface area contributed by atoms with E-state index in [2.05, 4.69) is 0 Å². The summed E-state index contributed by atoms with van der Waals surface area (Å²) in [6.07, 6.45) is 0.743. The summed E-state index contributed by atoms with van der Waals surface area (Å²) in [6.45, 7) is 3.45. The van der Waals surface area contributed by atoms with E-state index in [4.69, 9.17) is 5.11 Å². The van der Waals surface area contributed by atoms with Crippen LogP contribution in [0.15, 0.2) is 18.2 Å². The van der Waals surface area contributed by atoms with Gasteiger partial charge >= 0.3 is 5.97 Å². The van der Waals surface area contributed by atoms with E-state index in [0.717, 1.165) is 12.0 Å². The molecule has 1 rings (SSSR count). The third-order valence-electron chi connectivity index (χ3n) is 2.30. The van der Waals surface area contributed by atoms with Gasteiger partial charge in [0, 0.05) is 5.56 Å². The number of Topliss-reactive ketones (excluding diaryl/α,β-unsaturated/α-hetero) is 1. The average molecular weight is 206 g/mol. The smallest absolute Gasteiger partial charge is 0.307 e. The minimum absolute atomic E-state index is 0.0819. The summed E-state index contributed by atoms with van der Waals surface area (Å²) in [5.74, 6) is -0.997. The van der Waals surface area contributed by atoms with Gasteiger partial charge in [0.1, 0.15) is 0 Å². The molecule has 1 aromatic rings. The first-order chi connectivity index (χ1) is 7.04. The van der Waals surface area contributed by atoms with Crippen LogP contribution in [0, 0.1) is 0 Å². The van der Waals surface area contributed by atoms with Gasteiger partial charge in [0.15, 0.2) is 5.78 Å². The Hall–Kier alpha value is -1.64. The fourth-order valence-corrected chi connectivity index (χ4v) is 1.49. The number of carboxylic acid groups (broad SMARTS) is 1. The Balaban J connectivity index is 3.15. The highest BCUT2D eigenvalue weighted by atomic mass is 16.4. The van der Waals surface area contributed by atoms with Crippen LogP contribution in [0.2, 0.25) is 0 Å². The van der Waals surface area contributed by atoms with Crippen LogP contribution >= 0.6 is 0 Å². The first kappa shape index (κ1) is 11.4. The zero-order chi connectivity index (χ0) is 11.4. The lowest BCUT2D eigenvalue weighted by molar-refractivity contribution is -0.136. The number of ketones is 1. The van der Waals surface area contributed by atoms with E-state index >= 15 is 0 Å². The monoisotopic (exact) mass is 206 g/mol. The van der Waals surface area contributed by atoms with E-state index in [1.54, 1.807) is 12.1 Å². The van der Waals surface area contributed by atoms with Gasteiger partial charge < -0.3 is 5.11 Å². The van der Waals surface area contributed by atoms with Crippen molar-refractivity contribution in [2.24, 2.45) is 0 Å². The summed E-state index contributed by atoms with van der Waals surface area (Å²) in [4.78, 5) is 21.9. The van der Waals surface area contributed by atoms with Gasteiger partial charge in [-0.3, -0.25) is 9.59 Å². The van der Waals surface area contributed by atoms with Crippen molar-refractivity contribution in [2.75, 3.05) is 0 Å². The SMILES string of the molecule is CCc1ccc(CC(=O)O)c(C(C)=O)c1. The molecule has 0 radical (unpaired) electrons. The van der Waals surface area contributed by atoms with Crippen LogP contribution in [0.25, 0.3) is 0 Å². The third kappa shape index (κ3) is 2.91. The van der Waals surface area contributed by atoms with Crippen molar-refractivity contribution in [3.05, 3.63) is 34.9 Å². The van der Waals surface area contributed by atoms with E-state index in [1.807, 2.05) is 13.0 Å². The van der Waals surface area contributed by atoms with Crippen LogP contribution in [-0.2, 0) is 17.6 Å². The molecule has 0 amide bonds. The second-order valence-corrected chi connectivity index (χ2v) is 3.47. The number of rotatable bonds is 4. The topological polar surface area (TPSA) is 54.4 Å². The maximum atomic E-state index is 11.3. The van der Waals surface area contributed by atoms with Gasteiger partial charge in [-0.15, -0.1) is 0 Å². The molecule has 0 spiro atoms. The quantitative estimate of drug-likeness (QED) is 0.767. The molecule has 0 bridgehead atoms. The van der Waals surface area contributed by atoms with Crippen LogP contribution in [0.4, 0.5) is 0 Å². The molecule has 3 nitrogen and oxygen atoms in total. The summed E-state index contributed by atoms with van der Waals surface area (Å²) in [6, 6.07) is 5.37. The molecule has 0 aromatic heterocycles. The molecular weight excluding hydrogens is 192 g/mol. The maximum Gasteiger partial charge on any atom is 0.307 e. The minimum atomic E-state index is -0.915. The van der Waals surface area contributed by atoms with Gasteiger partial charge in [0.2, 0.25) is 0 Å². The number of aryl methyl sites for hydroxylation is 1. The normalized spacial score (nSPS) is 10.0. The number of hydrogen-bond donors (Lipinski definition) is 1. The number of benzene rings is 1. The van der Waals surface area contributed by atoms with Crippen molar-refractivity contribution in [1.29, 1.82) is 0 Å². The molecule has 1 aromatic carbocycles. The Labute approximate surface area is 88.7 Å². The van der Waals surface area contributed by atoms with E-state index in [-0.39, 0.29) is 12.2 Å². The molecule has 0 fully saturated rings. The summed E-state index contributed by atoms with van der Waals surface area (Å²) in [5, 5.41) is 8.69. The minimum Gasteiger partial charge on any atom is -0.481 e. The highest BCUT2D eigenvalue weighted by molar-refractivity contribution is 5.96. The van der Waals surface area contributed by atoms with Crippen molar-refractivity contribution < 1.29 is 14.7 Å². The molecular formula is C12H14O3. The van der Waals surface area contributed by atoms with Crippen LogP contribution in [-0.4, -0.2) is 16.9 Å². The van der Waals surface area contributed by atoms with Gasteiger partial charge in [-0.05, 0) is 30.5 Å². The first-order valence-electron chi connectivity index (χ1n) is 4.89. The van der Waals surface area contributed by atoms with Crippen molar-refractivity contribution in [3.63, 3.8) is 0 Å². The Morgan fingerprint density at radius 2 is 2.00 bits per heavy atom. The predicted molar refractivity (Wildman–Crippen MR) is 57.2 cm³/mol. The number of carboxylic acids is 1. The third-order valence-corrected chi connectivity index (χ3v) is 2.30. The molecule has 80 valence electrons. The summed E-state index contributed by atoms with van der Waals surface area (Å²) in [5.41, 5.74) is 2.17. The lowest BCUT2D eigenvalue weighted by Crippen LogP contribution is -2.07. The molecule has 1 N–H and O–H groups in total. The number of carbonyl (C=O) groups excluding carboxylic acids is 1. The predicted octanol–water partition coefficient (Wildman–Crippen LogP) is 2.08. The van der Waals surface area contributed by atoms with Gasteiger partial charge in [-0.1, -0.05) is 19.1 Å². The molecule has 0 aliphatic carbocycles. The number of hydrogen-bond acceptors (Lipinski definition) is 2. The molecule has 3 heteroatoms. The highest BCUT2D eigenvalue weighted by Gasteiger charge is 2.10. The van der Waals surface area contributed by atoms with Crippen LogP contribution in [0.1, 0.15) is 35.3 Å². The average Bonchev–Trinajstić information content (AvgIpc) is 2.17. The standard InChI is InChI=1S/C12H14O3/c1-3-9-4-5-10(7-12(14)15)11(6-9)8(2)13/h4-6H,3,7H2,1-2H3,(H,14,15). The molecule has 0 heterocycles. The summed E-state index contributed by atoms with van der Waals surface area (Å²) < 4.78 is 0. The molecule has 0 atom stereocenters. The fraction of sp³-hybridized carbons (Fsp3) is 0.333. The van der Waals surface area contributed by atoms with Gasteiger partial charge in [0.05, 0.1) is 6.42 Å². The van der Waals surface area contributed by atoms with Crippen molar-refractivity contribution >= 4 is 11.8 Å². The largest absolute Gasteiger partial charge is 0.481 e. The molecule has 0 aliphatic rings. The lowest BCUT2D eigenvalue weighted by atomic mass is 9.98. The maximum absolute atomic E-state index is 11.3. The number of carbonyl (C=O) groups is 2. The van der Waals surface area contributed by atoms with Crippen molar-refractivity contribution in [1.82, 2.24) is 0 Å². The molecule has 0 saturated heterocycles. The van der Waals surface area contributed by atoms with Crippen LogP contribution in [0.5, 0.6) is 0 Å². The van der Waals surface area contributed by atoms with Crippen LogP contribution in [0.3, 0.4) is 0 Å². The van der Waals surface area contributed by atoms with Crippen molar-refractivity contribution in [3.8, 4) is 0 Å². The first-order valence-corrected chi connectivity index (χ1v) is 4.89. The zero-order valence-corrected chi connectivity index (χ0v) is 8.91. The highest BCUT2D eigenvalue weighted by Crippen LogP contribution is 2.14. The Morgan fingerprint density at radius 1 is 1.33 bits per heavy atom. The molecule has 0 saturated carbocycles. The fourth-order valence-electron chi connectivity index (χ4n) is 1.49. The Kier molecular flexibility index (Phi) is 3.61. The lowest BCUT2D eigenvalue weighted by Gasteiger charge is -2.06. The van der Waals surface area contributed by atoms with Gasteiger partial charge in [-0.25, -0.2) is 0 Å². The second kappa shape index (κ2) is 4.73. The summed E-state index contributed by atoms with van der Waals surface area (Å²) in [7, 11) is 0. The Bertz CT molecular complexity index is 394. The molecule has 0 aliphatic heterocycles. The Morgan fingerprint density at radius 3 is 2.47 bits per heavy atom. The number of aliphatic carboxylic acids is 1. The molecule has 15 heavy (non-hydrogen) atoms. The van der Waals surface area contributed by atoms with E-state index in [1.165, 1.54) is 6.92 Å². The van der Waals surface area contributed by atoms with Gasteiger partial charge in [-0.2, -0.15) is 0 Å². The van der Waals surface area contributed by atoms with E-state index < -0.39 is 5.97 Å².